The molecule has 0 heterocycles. The maximum absolute atomic E-state index is 3.51. The fraction of sp³-hybridized carbons (Fsp3) is 0.333. The summed E-state index contributed by atoms with van der Waals surface area (Å²) < 4.78 is 0. The monoisotopic (exact) mass is 198 g/mol. The molecule has 0 aliphatic heterocycles. The van der Waals surface area contributed by atoms with Gasteiger partial charge >= 0.3 is 0 Å². The Morgan fingerprint density at radius 3 is 2.10 bits per heavy atom. The molecule has 1 atom stereocenters. The first kappa shape index (κ1) is 7.80. The minimum Gasteiger partial charge on any atom is -0.0842 e. The van der Waals surface area contributed by atoms with Crippen molar-refractivity contribution >= 4 is 15.9 Å². The van der Waals surface area contributed by atoms with Crippen molar-refractivity contribution in [1.82, 2.24) is 0 Å². The zero-order valence-electron chi connectivity index (χ0n) is 6.26. The maximum Gasteiger partial charge on any atom is 0.0367 e. The first-order chi connectivity index (χ1) is 4.70. The van der Waals surface area contributed by atoms with Crippen LogP contribution >= 0.6 is 15.9 Å². The van der Waals surface area contributed by atoms with Crippen LogP contribution in [0.15, 0.2) is 24.3 Å². The van der Waals surface area contributed by atoms with Crippen LogP contribution in [0.1, 0.15) is 22.9 Å². The highest BCUT2D eigenvalue weighted by Crippen LogP contribution is 2.21. The van der Waals surface area contributed by atoms with E-state index >= 15 is 0 Å². The average molecular weight is 199 g/mol. The molecule has 0 saturated carbocycles. The predicted molar refractivity (Wildman–Crippen MR) is 48.5 cm³/mol. The quantitative estimate of drug-likeness (QED) is 0.607. The summed E-state index contributed by atoms with van der Waals surface area (Å²) in [6.07, 6.45) is 0. The Morgan fingerprint density at radius 1 is 1.20 bits per heavy atom. The molecular formula is C9H11Br. The minimum absolute atomic E-state index is 0.466. The van der Waals surface area contributed by atoms with Gasteiger partial charge in [-0.15, -0.1) is 0 Å². The van der Waals surface area contributed by atoms with Gasteiger partial charge in [0.2, 0.25) is 0 Å². The highest BCUT2D eigenvalue weighted by Gasteiger charge is 1.97. The summed E-state index contributed by atoms with van der Waals surface area (Å²) in [4.78, 5) is 0.466. The Hall–Kier alpha value is -0.300. The molecule has 0 nitrogen and oxygen atoms in total. The van der Waals surface area contributed by atoms with Crippen LogP contribution < -0.4 is 0 Å². The lowest BCUT2D eigenvalue weighted by Gasteiger charge is -2.02. The second kappa shape index (κ2) is 3.20. The van der Waals surface area contributed by atoms with Crippen LogP contribution in [-0.2, 0) is 0 Å². The molecule has 0 aliphatic carbocycles. The summed E-state index contributed by atoms with van der Waals surface area (Å²) in [7, 11) is 0. The summed E-state index contributed by atoms with van der Waals surface area (Å²) in [5.41, 5.74) is 2.66. The number of alkyl halides is 1. The minimum atomic E-state index is 0.466. The highest BCUT2D eigenvalue weighted by molar-refractivity contribution is 9.09. The lowest BCUT2D eigenvalue weighted by atomic mass is 10.1. The lowest BCUT2D eigenvalue weighted by Crippen LogP contribution is -1.82. The zero-order valence-corrected chi connectivity index (χ0v) is 7.85. The Labute approximate surface area is 70.4 Å². The Balaban J connectivity index is 2.89. The van der Waals surface area contributed by atoms with Crippen molar-refractivity contribution in [1.29, 1.82) is 0 Å². The van der Waals surface area contributed by atoms with Crippen molar-refractivity contribution in [2.45, 2.75) is 18.7 Å². The molecule has 0 fully saturated rings. The van der Waals surface area contributed by atoms with E-state index in [2.05, 4.69) is 54.0 Å². The fourth-order valence-corrected chi connectivity index (χ4v) is 1.14. The summed E-state index contributed by atoms with van der Waals surface area (Å²) in [6.45, 7) is 4.23. The van der Waals surface area contributed by atoms with E-state index in [0.717, 1.165) is 0 Å². The fourth-order valence-electron chi connectivity index (χ4n) is 0.832. The van der Waals surface area contributed by atoms with Crippen LogP contribution in [0.5, 0.6) is 0 Å². The Bertz CT molecular complexity index is 198. The third kappa shape index (κ3) is 1.84. The molecule has 0 aromatic heterocycles. The second-order valence-corrected chi connectivity index (χ2v) is 3.90. The normalized spacial score (nSPS) is 13.1. The van der Waals surface area contributed by atoms with Gasteiger partial charge in [0.15, 0.2) is 0 Å². The molecule has 0 bridgehead atoms. The van der Waals surface area contributed by atoms with Crippen molar-refractivity contribution in [3.05, 3.63) is 35.4 Å². The molecule has 1 unspecified atom stereocenters. The predicted octanol–water partition coefficient (Wildman–Crippen LogP) is 3.45. The van der Waals surface area contributed by atoms with Crippen LogP contribution in [0.4, 0.5) is 0 Å². The van der Waals surface area contributed by atoms with E-state index in [9.17, 15) is 0 Å². The summed E-state index contributed by atoms with van der Waals surface area (Å²) in [5.74, 6) is 0. The van der Waals surface area contributed by atoms with Crippen LogP contribution in [0.3, 0.4) is 0 Å². The molecule has 1 rings (SSSR count). The highest BCUT2D eigenvalue weighted by atomic mass is 79.9. The van der Waals surface area contributed by atoms with Gasteiger partial charge in [0.1, 0.15) is 0 Å². The van der Waals surface area contributed by atoms with E-state index in [1.165, 1.54) is 11.1 Å². The van der Waals surface area contributed by atoms with Crippen molar-refractivity contribution in [2.75, 3.05) is 0 Å². The first-order valence-electron chi connectivity index (χ1n) is 3.41. The van der Waals surface area contributed by atoms with Crippen molar-refractivity contribution in [3.8, 4) is 0 Å². The van der Waals surface area contributed by atoms with Gasteiger partial charge in [0.05, 0.1) is 0 Å². The van der Waals surface area contributed by atoms with Gasteiger partial charge in [-0.25, -0.2) is 0 Å². The van der Waals surface area contributed by atoms with Crippen LogP contribution in [0.25, 0.3) is 0 Å². The average Bonchev–Trinajstić information content (AvgIpc) is 1.88. The van der Waals surface area contributed by atoms with Crippen molar-refractivity contribution < 1.29 is 0 Å². The van der Waals surface area contributed by atoms with Crippen LogP contribution in [0.2, 0.25) is 0 Å². The molecule has 0 saturated heterocycles. The maximum atomic E-state index is 3.51. The van der Waals surface area contributed by atoms with E-state index in [4.69, 9.17) is 0 Å². The largest absolute Gasteiger partial charge is 0.0842 e. The van der Waals surface area contributed by atoms with E-state index in [0.29, 0.717) is 4.83 Å². The van der Waals surface area contributed by atoms with E-state index in [1.807, 2.05) is 0 Å². The van der Waals surface area contributed by atoms with Gasteiger partial charge in [-0.3, -0.25) is 0 Å². The molecule has 0 aliphatic rings. The second-order valence-electron chi connectivity index (χ2n) is 2.53. The standard InChI is InChI=1S/C9H11Br/c1-7-3-5-9(6-4-7)8(2)10/h3-6,8H,1-2H3. The summed E-state index contributed by atoms with van der Waals surface area (Å²) in [5, 5.41) is 0. The first-order valence-corrected chi connectivity index (χ1v) is 4.32. The van der Waals surface area contributed by atoms with Crippen LogP contribution in [0, 0.1) is 6.92 Å². The third-order valence-corrected chi connectivity index (χ3v) is 2.07. The molecule has 10 heavy (non-hydrogen) atoms. The van der Waals surface area contributed by atoms with Crippen molar-refractivity contribution in [3.63, 3.8) is 0 Å². The van der Waals surface area contributed by atoms with Gasteiger partial charge in [-0.05, 0) is 19.4 Å². The molecule has 0 N–H and O–H groups in total. The molecular weight excluding hydrogens is 188 g/mol. The topological polar surface area (TPSA) is 0 Å². The summed E-state index contributed by atoms with van der Waals surface area (Å²) in [6, 6.07) is 8.56. The third-order valence-electron chi connectivity index (χ3n) is 1.54. The molecule has 0 amide bonds. The number of hydrogen-bond acceptors (Lipinski definition) is 0. The number of aryl methyl sites for hydroxylation is 1. The van der Waals surface area contributed by atoms with Gasteiger partial charge in [0, 0.05) is 4.83 Å². The lowest BCUT2D eigenvalue weighted by molar-refractivity contribution is 1.12. The van der Waals surface area contributed by atoms with Crippen molar-refractivity contribution in [2.24, 2.45) is 0 Å². The van der Waals surface area contributed by atoms with Gasteiger partial charge in [-0.2, -0.15) is 0 Å². The van der Waals surface area contributed by atoms with E-state index in [1.54, 1.807) is 0 Å². The van der Waals surface area contributed by atoms with Gasteiger partial charge < -0.3 is 0 Å². The Morgan fingerprint density at radius 2 is 1.70 bits per heavy atom. The summed E-state index contributed by atoms with van der Waals surface area (Å²) >= 11 is 3.51. The zero-order chi connectivity index (χ0) is 7.56. The number of hydrogen-bond donors (Lipinski definition) is 0. The van der Waals surface area contributed by atoms with E-state index < -0.39 is 0 Å². The smallest absolute Gasteiger partial charge is 0.0367 e. The molecule has 1 aromatic carbocycles. The molecule has 1 aromatic rings. The van der Waals surface area contributed by atoms with Gasteiger partial charge in [-0.1, -0.05) is 45.8 Å². The molecule has 0 spiro atoms. The number of benzene rings is 1. The molecule has 0 radical (unpaired) electrons. The Kier molecular flexibility index (Phi) is 2.50. The van der Waals surface area contributed by atoms with Crippen LogP contribution in [-0.4, -0.2) is 0 Å². The van der Waals surface area contributed by atoms with E-state index in [-0.39, 0.29) is 0 Å². The molecule has 54 valence electrons. The number of rotatable bonds is 1. The molecule has 1 heteroatoms. The van der Waals surface area contributed by atoms with Gasteiger partial charge in [0.25, 0.3) is 0 Å². The SMILES string of the molecule is Cc1ccc(C(C)Br)cc1. The number of halogens is 1.